The van der Waals surface area contributed by atoms with Gasteiger partial charge in [-0.15, -0.1) is 0 Å². The fourth-order valence-electron chi connectivity index (χ4n) is 1.90. The molecular weight excluding hydrogens is 360 g/mol. The molecule has 0 atom stereocenters. The lowest BCUT2D eigenvalue weighted by atomic mass is 10.2. The van der Waals surface area contributed by atoms with Crippen molar-refractivity contribution in [3.05, 3.63) is 58.1 Å². The van der Waals surface area contributed by atoms with Gasteiger partial charge in [0.1, 0.15) is 11.5 Å². The van der Waals surface area contributed by atoms with Crippen LogP contribution in [0.5, 0.6) is 11.5 Å². The molecule has 0 aliphatic heterocycles. The molecule has 0 spiro atoms. The molecule has 0 fully saturated rings. The van der Waals surface area contributed by atoms with E-state index in [0.717, 1.165) is 10.0 Å². The molecule has 23 heavy (non-hydrogen) atoms. The zero-order valence-corrected chi connectivity index (χ0v) is 14.5. The zero-order chi connectivity index (χ0) is 16.7. The highest BCUT2D eigenvalue weighted by atomic mass is 79.9. The lowest BCUT2D eigenvalue weighted by Gasteiger charge is -2.08. The molecule has 1 amide bonds. The fourth-order valence-corrected chi connectivity index (χ4v) is 2.25. The zero-order valence-electron chi connectivity index (χ0n) is 12.9. The van der Waals surface area contributed by atoms with Gasteiger partial charge in [-0.25, -0.2) is 5.43 Å². The van der Waals surface area contributed by atoms with E-state index >= 15 is 0 Å². The summed E-state index contributed by atoms with van der Waals surface area (Å²) in [5.74, 6) is 0.914. The highest BCUT2D eigenvalue weighted by Gasteiger charge is 2.10. The van der Waals surface area contributed by atoms with Crippen LogP contribution in [0.25, 0.3) is 0 Å². The third-order valence-corrected chi connectivity index (χ3v) is 3.73. The average Bonchev–Trinajstić information content (AvgIpc) is 2.57. The van der Waals surface area contributed by atoms with E-state index in [9.17, 15) is 4.79 Å². The third-order valence-electron chi connectivity index (χ3n) is 3.00. The van der Waals surface area contributed by atoms with Crippen LogP contribution in [0.15, 0.2) is 52.0 Å². The van der Waals surface area contributed by atoms with Crippen molar-refractivity contribution >= 4 is 28.1 Å². The molecule has 5 nitrogen and oxygen atoms in total. The van der Waals surface area contributed by atoms with E-state index in [4.69, 9.17) is 9.47 Å². The predicted molar refractivity (Wildman–Crippen MR) is 93.4 cm³/mol. The maximum Gasteiger partial charge on any atom is 0.275 e. The van der Waals surface area contributed by atoms with Crippen LogP contribution < -0.4 is 14.9 Å². The van der Waals surface area contributed by atoms with Crippen LogP contribution in [0.2, 0.25) is 0 Å². The largest absolute Gasteiger partial charge is 0.497 e. The molecule has 0 radical (unpaired) electrons. The molecule has 2 rings (SSSR count). The topological polar surface area (TPSA) is 59.9 Å². The molecule has 0 aromatic heterocycles. The van der Waals surface area contributed by atoms with E-state index in [1.54, 1.807) is 31.5 Å². The van der Waals surface area contributed by atoms with Crippen molar-refractivity contribution < 1.29 is 14.3 Å². The van der Waals surface area contributed by atoms with Gasteiger partial charge < -0.3 is 9.47 Å². The van der Waals surface area contributed by atoms with Gasteiger partial charge in [0.2, 0.25) is 0 Å². The Bertz CT molecular complexity index is 717. The Morgan fingerprint density at radius 2 is 2.09 bits per heavy atom. The SMILES string of the molecule is CCOc1ccccc1C(=O)N/N=C\c1cc(OC)ccc1Br. The number of benzene rings is 2. The van der Waals surface area contributed by atoms with Gasteiger partial charge in [-0.1, -0.05) is 28.1 Å². The van der Waals surface area contributed by atoms with Crippen molar-refractivity contribution in [1.82, 2.24) is 5.43 Å². The summed E-state index contributed by atoms with van der Waals surface area (Å²) in [5.41, 5.74) is 3.73. The number of ether oxygens (including phenoxy) is 2. The second-order valence-corrected chi connectivity index (χ2v) is 5.37. The Kier molecular flexibility index (Phi) is 6.17. The first-order valence-corrected chi connectivity index (χ1v) is 7.83. The van der Waals surface area contributed by atoms with Crippen LogP contribution in [0, 0.1) is 0 Å². The van der Waals surface area contributed by atoms with Gasteiger partial charge in [0.25, 0.3) is 5.91 Å². The van der Waals surface area contributed by atoms with E-state index in [1.807, 2.05) is 31.2 Å². The molecular formula is C17H17BrN2O3. The van der Waals surface area contributed by atoms with Crippen LogP contribution in [0.1, 0.15) is 22.8 Å². The Balaban J connectivity index is 2.10. The summed E-state index contributed by atoms with van der Waals surface area (Å²) in [6.45, 7) is 2.36. The van der Waals surface area contributed by atoms with Crippen LogP contribution in [-0.2, 0) is 0 Å². The second kappa shape index (κ2) is 8.33. The summed E-state index contributed by atoms with van der Waals surface area (Å²) < 4.78 is 11.5. The van der Waals surface area contributed by atoms with E-state index in [2.05, 4.69) is 26.5 Å². The summed E-state index contributed by atoms with van der Waals surface area (Å²) in [6.07, 6.45) is 1.55. The molecule has 6 heteroatoms. The van der Waals surface area contributed by atoms with E-state index in [1.165, 1.54) is 0 Å². The van der Waals surface area contributed by atoms with Gasteiger partial charge in [0, 0.05) is 10.0 Å². The molecule has 2 aromatic rings. The maximum atomic E-state index is 12.2. The lowest BCUT2D eigenvalue weighted by Crippen LogP contribution is -2.18. The van der Waals surface area contributed by atoms with Gasteiger partial charge in [0.15, 0.2) is 0 Å². The van der Waals surface area contributed by atoms with Crippen molar-refractivity contribution in [2.24, 2.45) is 5.10 Å². The van der Waals surface area contributed by atoms with Crippen LogP contribution in [-0.4, -0.2) is 25.8 Å². The van der Waals surface area contributed by atoms with Gasteiger partial charge >= 0.3 is 0 Å². The number of rotatable bonds is 6. The number of amides is 1. The molecule has 0 saturated carbocycles. The van der Waals surface area contributed by atoms with Gasteiger partial charge in [-0.3, -0.25) is 4.79 Å². The minimum atomic E-state index is -0.329. The maximum absolute atomic E-state index is 12.2. The molecule has 0 aliphatic rings. The summed E-state index contributed by atoms with van der Waals surface area (Å²) in [4.78, 5) is 12.2. The average molecular weight is 377 g/mol. The number of para-hydroxylation sites is 1. The summed E-state index contributed by atoms with van der Waals surface area (Å²) >= 11 is 3.42. The molecule has 2 aromatic carbocycles. The van der Waals surface area contributed by atoms with Gasteiger partial charge in [0.05, 0.1) is 25.5 Å². The highest BCUT2D eigenvalue weighted by Crippen LogP contribution is 2.21. The van der Waals surface area contributed by atoms with Crippen molar-refractivity contribution in [1.29, 1.82) is 0 Å². The number of nitrogens with zero attached hydrogens (tertiary/aromatic N) is 1. The summed E-state index contributed by atoms with van der Waals surface area (Å²) in [6, 6.07) is 12.5. The number of nitrogens with one attached hydrogen (secondary N) is 1. The molecule has 1 N–H and O–H groups in total. The van der Waals surface area contributed by atoms with Crippen LogP contribution in [0.3, 0.4) is 0 Å². The first-order valence-electron chi connectivity index (χ1n) is 7.04. The van der Waals surface area contributed by atoms with Crippen molar-refractivity contribution in [3.63, 3.8) is 0 Å². The summed E-state index contributed by atoms with van der Waals surface area (Å²) in [5, 5.41) is 3.99. The van der Waals surface area contributed by atoms with Crippen molar-refractivity contribution in [2.75, 3.05) is 13.7 Å². The molecule has 0 saturated heterocycles. The molecule has 0 bridgehead atoms. The molecule has 0 aliphatic carbocycles. The quantitative estimate of drug-likeness (QED) is 0.618. The number of carbonyl (C=O) groups excluding carboxylic acids is 1. The Hall–Kier alpha value is -2.34. The Morgan fingerprint density at radius 3 is 2.83 bits per heavy atom. The minimum Gasteiger partial charge on any atom is -0.497 e. The smallest absolute Gasteiger partial charge is 0.275 e. The number of hydrazone groups is 1. The van der Waals surface area contributed by atoms with E-state index < -0.39 is 0 Å². The first-order chi connectivity index (χ1) is 11.2. The molecule has 0 unspecified atom stereocenters. The van der Waals surface area contributed by atoms with E-state index in [-0.39, 0.29) is 5.91 Å². The number of carbonyl (C=O) groups is 1. The lowest BCUT2D eigenvalue weighted by molar-refractivity contribution is 0.0951. The Morgan fingerprint density at radius 1 is 1.30 bits per heavy atom. The van der Waals surface area contributed by atoms with E-state index in [0.29, 0.717) is 23.7 Å². The van der Waals surface area contributed by atoms with Crippen LogP contribution >= 0.6 is 15.9 Å². The van der Waals surface area contributed by atoms with Gasteiger partial charge in [-0.05, 0) is 37.3 Å². The van der Waals surface area contributed by atoms with Gasteiger partial charge in [-0.2, -0.15) is 5.10 Å². The van der Waals surface area contributed by atoms with Crippen molar-refractivity contribution in [2.45, 2.75) is 6.92 Å². The molecule has 120 valence electrons. The fraction of sp³-hybridized carbons (Fsp3) is 0.176. The number of hydrogen-bond donors (Lipinski definition) is 1. The first kappa shape index (κ1) is 17.0. The number of methoxy groups -OCH3 is 1. The summed E-state index contributed by atoms with van der Waals surface area (Å²) in [7, 11) is 1.59. The monoisotopic (exact) mass is 376 g/mol. The second-order valence-electron chi connectivity index (χ2n) is 4.52. The third kappa shape index (κ3) is 4.56. The number of halogens is 1. The van der Waals surface area contributed by atoms with Crippen LogP contribution in [0.4, 0.5) is 0 Å². The molecule has 0 heterocycles. The minimum absolute atomic E-state index is 0.329. The number of hydrogen-bond acceptors (Lipinski definition) is 4. The standard InChI is InChI=1S/C17H17BrN2O3/c1-3-23-16-7-5-4-6-14(16)17(21)20-19-11-12-10-13(22-2)8-9-15(12)18/h4-11H,3H2,1-2H3,(H,20,21)/b19-11-. The highest BCUT2D eigenvalue weighted by molar-refractivity contribution is 9.10. The Labute approximate surface area is 143 Å². The normalized spacial score (nSPS) is 10.6. The predicted octanol–water partition coefficient (Wildman–Crippen LogP) is 3.62. The van der Waals surface area contributed by atoms with Crippen molar-refractivity contribution in [3.8, 4) is 11.5 Å².